The highest BCUT2D eigenvalue weighted by atomic mass is 16.6. The van der Waals surface area contributed by atoms with Crippen molar-refractivity contribution in [2.24, 2.45) is 0 Å². The second-order valence-electron chi connectivity index (χ2n) is 5.53. The minimum absolute atomic E-state index is 0.137. The molecule has 1 saturated heterocycles. The molecular weight excluding hydrogens is 284 g/mol. The maximum absolute atomic E-state index is 12.1. The highest BCUT2D eigenvalue weighted by molar-refractivity contribution is 5.68. The lowest BCUT2D eigenvalue weighted by Crippen LogP contribution is -2.45. The van der Waals surface area contributed by atoms with Crippen LogP contribution in [0.5, 0.6) is 0 Å². The minimum Gasteiger partial charge on any atom is -0.465 e. The fourth-order valence-corrected chi connectivity index (χ4v) is 2.58. The Morgan fingerprint density at radius 3 is 2.73 bits per heavy atom. The van der Waals surface area contributed by atoms with Crippen LogP contribution in [-0.4, -0.2) is 53.3 Å². The minimum atomic E-state index is -0.932. The van der Waals surface area contributed by atoms with E-state index < -0.39 is 12.2 Å². The fourth-order valence-electron chi connectivity index (χ4n) is 2.58. The molecule has 0 saturated carbocycles. The number of benzene rings is 1. The predicted octanol–water partition coefficient (Wildman–Crippen LogP) is 2.79. The summed E-state index contributed by atoms with van der Waals surface area (Å²) in [4.78, 5) is 26.2. The smallest absolute Gasteiger partial charge is 0.410 e. The van der Waals surface area contributed by atoms with Gasteiger partial charge >= 0.3 is 12.2 Å². The largest absolute Gasteiger partial charge is 0.465 e. The molecule has 22 heavy (non-hydrogen) atoms. The summed E-state index contributed by atoms with van der Waals surface area (Å²) in [6, 6.07) is 9.34. The van der Waals surface area contributed by atoms with Crippen molar-refractivity contribution in [3.05, 3.63) is 35.9 Å². The Kier molecular flexibility index (Phi) is 5.63. The van der Waals surface area contributed by atoms with Gasteiger partial charge in [0.2, 0.25) is 0 Å². The lowest BCUT2D eigenvalue weighted by atomic mass is 10.1. The number of hydrogen-bond donors (Lipinski definition) is 1. The van der Waals surface area contributed by atoms with Crippen molar-refractivity contribution in [1.29, 1.82) is 0 Å². The van der Waals surface area contributed by atoms with E-state index in [1.54, 1.807) is 7.05 Å². The lowest BCUT2D eigenvalue weighted by molar-refractivity contribution is 0.0807. The third-order valence-corrected chi connectivity index (χ3v) is 3.96. The third-order valence-electron chi connectivity index (χ3n) is 3.96. The molecule has 1 aromatic rings. The first-order chi connectivity index (χ1) is 10.6. The van der Waals surface area contributed by atoms with E-state index in [0.717, 1.165) is 24.8 Å². The molecule has 1 aliphatic rings. The standard InChI is InChI=1S/C16H22N2O4/c1-17(14-9-5-6-10-18(11-14)15(19)20)16(21)22-12-13-7-3-2-4-8-13/h2-4,7-8,14H,5-6,9-12H2,1H3,(H,19,20)/t14-/m1/s1. The summed E-state index contributed by atoms with van der Waals surface area (Å²) < 4.78 is 5.30. The van der Waals surface area contributed by atoms with Crippen LogP contribution < -0.4 is 0 Å². The maximum Gasteiger partial charge on any atom is 0.410 e. The van der Waals surface area contributed by atoms with Gasteiger partial charge in [-0.15, -0.1) is 0 Å². The molecular formula is C16H22N2O4. The highest BCUT2D eigenvalue weighted by Crippen LogP contribution is 2.16. The number of carbonyl (C=O) groups is 2. The molecule has 0 unspecified atom stereocenters. The van der Waals surface area contributed by atoms with Crippen LogP contribution in [-0.2, 0) is 11.3 Å². The van der Waals surface area contributed by atoms with Gasteiger partial charge < -0.3 is 19.6 Å². The fraction of sp³-hybridized carbons (Fsp3) is 0.500. The van der Waals surface area contributed by atoms with Crippen LogP contribution >= 0.6 is 0 Å². The average Bonchev–Trinajstić information content (AvgIpc) is 2.79. The summed E-state index contributed by atoms with van der Waals surface area (Å²) in [6.45, 7) is 1.09. The second kappa shape index (κ2) is 7.68. The molecule has 0 bridgehead atoms. The SMILES string of the molecule is CN(C(=O)OCc1ccccc1)[C@@H]1CCCCN(C(=O)O)C1. The van der Waals surface area contributed by atoms with E-state index in [1.807, 2.05) is 30.3 Å². The highest BCUT2D eigenvalue weighted by Gasteiger charge is 2.27. The molecule has 1 heterocycles. The molecule has 1 aliphatic heterocycles. The maximum atomic E-state index is 12.1. The van der Waals surface area contributed by atoms with Crippen molar-refractivity contribution in [3.8, 4) is 0 Å². The number of carboxylic acid groups (broad SMARTS) is 1. The summed E-state index contributed by atoms with van der Waals surface area (Å²) >= 11 is 0. The van der Waals surface area contributed by atoms with Crippen molar-refractivity contribution in [3.63, 3.8) is 0 Å². The van der Waals surface area contributed by atoms with Gasteiger partial charge in [0.05, 0.1) is 6.04 Å². The zero-order chi connectivity index (χ0) is 15.9. The Balaban J connectivity index is 1.89. The van der Waals surface area contributed by atoms with Gasteiger partial charge in [-0.1, -0.05) is 30.3 Å². The Labute approximate surface area is 130 Å². The normalized spacial score (nSPS) is 18.4. The summed E-state index contributed by atoms with van der Waals surface area (Å²) in [7, 11) is 1.67. The molecule has 6 heteroatoms. The van der Waals surface area contributed by atoms with Gasteiger partial charge in [-0.2, -0.15) is 0 Å². The van der Waals surface area contributed by atoms with Crippen molar-refractivity contribution in [2.75, 3.05) is 20.1 Å². The number of rotatable bonds is 3. The molecule has 2 amide bonds. The molecule has 1 N–H and O–H groups in total. The summed E-state index contributed by atoms with van der Waals surface area (Å²) in [5, 5.41) is 9.14. The number of ether oxygens (including phenoxy) is 1. The zero-order valence-corrected chi connectivity index (χ0v) is 12.8. The van der Waals surface area contributed by atoms with Gasteiger partial charge in [-0.05, 0) is 24.8 Å². The first-order valence-electron chi connectivity index (χ1n) is 7.49. The van der Waals surface area contributed by atoms with Gasteiger partial charge in [0.25, 0.3) is 0 Å². The predicted molar refractivity (Wildman–Crippen MR) is 81.6 cm³/mol. The van der Waals surface area contributed by atoms with Gasteiger partial charge in [-0.25, -0.2) is 9.59 Å². The van der Waals surface area contributed by atoms with E-state index in [9.17, 15) is 9.59 Å². The summed E-state index contributed by atoms with van der Waals surface area (Å²) in [6.07, 6.45) is 1.18. The van der Waals surface area contributed by atoms with Crippen molar-refractivity contribution in [1.82, 2.24) is 9.80 Å². The third kappa shape index (κ3) is 4.38. The van der Waals surface area contributed by atoms with Crippen molar-refractivity contribution >= 4 is 12.2 Å². The van der Waals surface area contributed by atoms with Crippen LogP contribution in [0.15, 0.2) is 30.3 Å². The van der Waals surface area contributed by atoms with Crippen LogP contribution in [0, 0.1) is 0 Å². The molecule has 0 aliphatic carbocycles. The van der Waals surface area contributed by atoms with Crippen LogP contribution in [0.25, 0.3) is 0 Å². The van der Waals surface area contributed by atoms with E-state index in [4.69, 9.17) is 9.84 Å². The number of carbonyl (C=O) groups excluding carboxylic acids is 1. The number of likely N-dealkylation sites (N-methyl/N-ethyl adjacent to an activating group) is 1. The Morgan fingerprint density at radius 2 is 2.05 bits per heavy atom. The molecule has 6 nitrogen and oxygen atoms in total. The molecule has 1 fully saturated rings. The van der Waals surface area contributed by atoms with Crippen LogP contribution in [0.2, 0.25) is 0 Å². The molecule has 0 aromatic heterocycles. The van der Waals surface area contributed by atoms with Crippen LogP contribution in [0.4, 0.5) is 9.59 Å². The molecule has 1 atom stereocenters. The topological polar surface area (TPSA) is 70.1 Å². The van der Waals surface area contributed by atoms with Gasteiger partial charge in [-0.3, -0.25) is 0 Å². The van der Waals surface area contributed by atoms with E-state index in [0.29, 0.717) is 13.1 Å². The molecule has 120 valence electrons. The number of hydrogen-bond acceptors (Lipinski definition) is 3. The monoisotopic (exact) mass is 306 g/mol. The Morgan fingerprint density at radius 1 is 1.32 bits per heavy atom. The Hall–Kier alpha value is -2.24. The number of amides is 2. The number of likely N-dealkylation sites (tertiary alicyclic amines) is 1. The second-order valence-corrected chi connectivity index (χ2v) is 5.53. The van der Waals surface area contributed by atoms with E-state index >= 15 is 0 Å². The van der Waals surface area contributed by atoms with Crippen molar-refractivity contribution < 1.29 is 19.4 Å². The van der Waals surface area contributed by atoms with Gasteiger partial charge in [0.15, 0.2) is 0 Å². The molecule has 0 spiro atoms. The van der Waals surface area contributed by atoms with Crippen LogP contribution in [0.1, 0.15) is 24.8 Å². The van der Waals surface area contributed by atoms with E-state index in [-0.39, 0.29) is 12.6 Å². The van der Waals surface area contributed by atoms with Crippen LogP contribution in [0.3, 0.4) is 0 Å². The first kappa shape index (κ1) is 16.1. The van der Waals surface area contributed by atoms with Gasteiger partial charge in [0.1, 0.15) is 6.61 Å². The lowest BCUT2D eigenvalue weighted by Gasteiger charge is -2.29. The molecule has 0 radical (unpaired) electrons. The molecule has 2 rings (SSSR count). The van der Waals surface area contributed by atoms with E-state index in [2.05, 4.69) is 0 Å². The summed E-state index contributed by atoms with van der Waals surface area (Å²) in [5.41, 5.74) is 0.928. The number of nitrogens with zero attached hydrogens (tertiary/aromatic N) is 2. The molecule has 1 aromatic carbocycles. The van der Waals surface area contributed by atoms with Gasteiger partial charge in [0, 0.05) is 20.1 Å². The Bertz CT molecular complexity index is 506. The average molecular weight is 306 g/mol. The van der Waals surface area contributed by atoms with Crippen molar-refractivity contribution in [2.45, 2.75) is 31.9 Å². The summed E-state index contributed by atoms with van der Waals surface area (Å²) in [5.74, 6) is 0. The van der Waals surface area contributed by atoms with E-state index in [1.165, 1.54) is 9.80 Å². The zero-order valence-electron chi connectivity index (χ0n) is 12.8. The quantitative estimate of drug-likeness (QED) is 0.932. The first-order valence-corrected chi connectivity index (χ1v) is 7.49.